The second kappa shape index (κ2) is 8.30. The van der Waals surface area contributed by atoms with E-state index in [4.69, 9.17) is 4.74 Å². The molecular formula is C19H24N2O6S. The summed E-state index contributed by atoms with van der Waals surface area (Å²) in [6.45, 7) is 2.36. The summed E-state index contributed by atoms with van der Waals surface area (Å²) in [4.78, 5) is 39.5. The first-order valence-electron chi connectivity index (χ1n) is 9.38. The van der Waals surface area contributed by atoms with Crippen LogP contribution in [0.1, 0.15) is 36.5 Å². The molecule has 0 aliphatic carbocycles. The first kappa shape index (κ1) is 20.3. The van der Waals surface area contributed by atoms with Crippen molar-refractivity contribution in [3.8, 4) is 0 Å². The van der Waals surface area contributed by atoms with Crippen molar-refractivity contribution in [2.45, 2.75) is 32.2 Å². The van der Waals surface area contributed by atoms with Gasteiger partial charge >= 0.3 is 5.97 Å². The second-order valence-corrected chi connectivity index (χ2v) is 9.24. The number of carbonyl (C=O) groups is 3. The highest BCUT2D eigenvalue weighted by molar-refractivity contribution is 7.91. The highest BCUT2D eigenvalue weighted by Crippen LogP contribution is 2.22. The lowest BCUT2D eigenvalue weighted by molar-refractivity contribution is -0.136. The van der Waals surface area contributed by atoms with Crippen LogP contribution >= 0.6 is 0 Å². The average Bonchev–Trinajstić information content (AvgIpc) is 3.25. The first-order valence-corrected chi connectivity index (χ1v) is 11.2. The minimum absolute atomic E-state index is 0.0444. The summed E-state index contributed by atoms with van der Waals surface area (Å²) >= 11 is 0. The van der Waals surface area contributed by atoms with E-state index in [2.05, 4.69) is 0 Å². The number of esters is 1. The van der Waals surface area contributed by atoms with Gasteiger partial charge < -0.3 is 14.5 Å². The van der Waals surface area contributed by atoms with Crippen LogP contribution in [0.3, 0.4) is 0 Å². The van der Waals surface area contributed by atoms with E-state index in [1.165, 1.54) is 4.90 Å². The Balaban J connectivity index is 1.55. The molecule has 2 saturated heterocycles. The van der Waals surface area contributed by atoms with Gasteiger partial charge in [0.25, 0.3) is 5.91 Å². The van der Waals surface area contributed by atoms with Gasteiger partial charge in [-0.2, -0.15) is 0 Å². The highest BCUT2D eigenvalue weighted by Gasteiger charge is 2.34. The Kier molecular flexibility index (Phi) is 6.02. The van der Waals surface area contributed by atoms with Crippen LogP contribution in [-0.2, 0) is 24.2 Å². The van der Waals surface area contributed by atoms with Crippen molar-refractivity contribution >= 4 is 33.3 Å². The summed E-state index contributed by atoms with van der Waals surface area (Å²) in [5, 5.41) is 0. The molecule has 9 heteroatoms. The number of anilines is 1. The summed E-state index contributed by atoms with van der Waals surface area (Å²) in [5.74, 6) is -0.945. The summed E-state index contributed by atoms with van der Waals surface area (Å²) in [7, 11) is -3.10. The van der Waals surface area contributed by atoms with E-state index in [1.807, 2.05) is 0 Å². The minimum atomic E-state index is -3.10. The molecule has 2 aliphatic heterocycles. The molecule has 28 heavy (non-hydrogen) atoms. The van der Waals surface area contributed by atoms with Crippen LogP contribution in [0.5, 0.6) is 0 Å². The van der Waals surface area contributed by atoms with Crippen LogP contribution in [0.4, 0.5) is 5.69 Å². The van der Waals surface area contributed by atoms with E-state index in [0.717, 1.165) is 12.1 Å². The van der Waals surface area contributed by atoms with Crippen LogP contribution < -0.4 is 4.90 Å². The Hall–Kier alpha value is -2.42. The fourth-order valence-electron chi connectivity index (χ4n) is 3.65. The Labute approximate surface area is 164 Å². The molecule has 2 heterocycles. The van der Waals surface area contributed by atoms with Crippen LogP contribution in [0.15, 0.2) is 24.3 Å². The number of amides is 2. The van der Waals surface area contributed by atoms with Crippen LogP contribution in [0, 0.1) is 0 Å². The summed E-state index contributed by atoms with van der Waals surface area (Å²) in [6, 6.07) is 6.13. The Morgan fingerprint density at radius 1 is 1.25 bits per heavy atom. The summed E-state index contributed by atoms with van der Waals surface area (Å²) < 4.78 is 28.4. The zero-order valence-corrected chi connectivity index (χ0v) is 16.6. The lowest BCUT2D eigenvalue weighted by Crippen LogP contribution is -2.43. The lowest BCUT2D eigenvalue weighted by Gasteiger charge is -2.26. The molecule has 8 nitrogen and oxygen atoms in total. The number of rotatable bonds is 6. The van der Waals surface area contributed by atoms with Crippen molar-refractivity contribution in [1.82, 2.24) is 4.90 Å². The molecule has 1 atom stereocenters. The van der Waals surface area contributed by atoms with Gasteiger partial charge in [0, 0.05) is 31.2 Å². The average molecular weight is 408 g/mol. The van der Waals surface area contributed by atoms with Crippen molar-refractivity contribution in [2.75, 3.05) is 36.1 Å². The maximum absolute atomic E-state index is 12.4. The number of carbonyl (C=O) groups excluding carboxylic acids is 3. The van der Waals surface area contributed by atoms with Gasteiger partial charge in [0.2, 0.25) is 5.91 Å². The number of nitrogens with zero attached hydrogens (tertiary/aromatic N) is 2. The quantitative estimate of drug-likeness (QED) is 0.651. The Bertz CT molecular complexity index is 865. The van der Waals surface area contributed by atoms with Gasteiger partial charge in [-0.15, -0.1) is 0 Å². The van der Waals surface area contributed by atoms with E-state index in [1.54, 1.807) is 36.1 Å². The van der Waals surface area contributed by atoms with E-state index in [-0.39, 0.29) is 29.0 Å². The molecule has 0 N–H and O–H groups in total. The van der Waals surface area contributed by atoms with Crippen molar-refractivity contribution in [3.05, 3.63) is 29.8 Å². The molecule has 2 fully saturated rings. The standard InChI is InChI=1S/C19H24N2O6S/c1-2-20(16-9-11-28(25,26)13-16)18(23)12-27-19(24)14-5-7-15(8-6-14)21-10-3-4-17(21)22/h5-8,16H,2-4,9-13H2,1H3. The molecule has 2 aliphatic rings. The molecule has 3 rings (SSSR count). The summed E-state index contributed by atoms with van der Waals surface area (Å²) in [5.41, 5.74) is 1.02. The van der Waals surface area contributed by atoms with Crippen LogP contribution in [0.25, 0.3) is 0 Å². The third kappa shape index (κ3) is 4.52. The van der Waals surface area contributed by atoms with Gasteiger partial charge in [0.1, 0.15) is 0 Å². The van der Waals surface area contributed by atoms with Gasteiger partial charge in [-0.25, -0.2) is 13.2 Å². The van der Waals surface area contributed by atoms with E-state index in [0.29, 0.717) is 25.9 Å². The first-order chi connectivity index (χ1) is 13.3. The number of hydrogen-bond donors (Lipinski definition) is 0. The normalized spacial score (nSPS) is 21.0. The fraction of sp³-hybridized carbons (Fsp3) is 0.526. The predicted octanol–water partition coefficient (Wildman–Crippen LogP) is 1.01. The van der Waals surface area contributed by atoms with Crippen molar-refractivity contribution in [3.63, 3.8) is 0 Å². The molecule has 152 valence electrons. The number of benzene rings is 1. The van der Waals surface area contributed by atoms with E-state index in [9.17, 15) is 22.8 Å². The second-order valence-electron chi connectivity index (χ2n) is 7.01. The molecule has 2 amide bonds. The Morgan fingerprint density at radius 3 is 2.50 bits per heavy atom. The molecule has 0 radical (unpaired) electrons. The van der Waals surface area contributed by atoms with Crippen molar-refractivity contribution in [2.24, 2.45) is 0 Å². The molecule has 1 aromatic carbocycles. The lowest BCUT2D eigenvalue weighted by atomic mass is 10.2. The molecule has 1 aromatic rings. The topological polar surface area (TPSA) is 101 Å². The van der Waals surface area contributed by atoms with Crippen LogP contribution in [0.2, 0.25) is 0 Å². The minimum Gasteiger partial charge on any atom is -0.452 e. The number of ether oxygens (including phenoxy) is 1. The molecule has 0 bridgehead atoms. The van der Waals surface area contributed by atoms with Crippen molar-refractivity contribution in [1.29, 1.82) is 0 Å². The van der Waals surface area contributed by atoms with E-state index < -0.39 is 28.3 Å². The zero-order valence-electron chi connectivity index (χ0n) is 15.8. The van der Waals surface area contributed by atoms with E-state index >= 15 is 0 Å². The van der Waals surface area contributed by atoms with Gasteiger partial charge in [0.05, 0.1) is 17.1 Å². The fourth-order valence-corrected chi connectivity index (χ4v) is 5.38. The molecular weight excluding hydrogens is 384 g/mol. The predicted molar refractivity (Wildman–Crippen MR) is 103 cm³/mol. The van der Waals surface area contributed by atoms with Gasteiger partial charge in [-0.3, -0.25) is 9.59 Å². The van der Waals surface area contributed by atoms with Crippen LogP contribution in [-0.4, -0.2) is 68.3 Å². The largest absolute Gasteiger partial charge is 0.452 e. The SMILES string of the molecule is CCN(C(=O)COC(=O)c1ccc(N2CCCC2=O)cc1)C1CCS(=O)(=O)C1. The van der Waals surface area contributed by atoms with Gasteiger partial charge in [-0.1, -0.05) is 0 Å². The third-order valence-corrected chi connectivity index (χ3v) is 6.88. The summed E-state index contributed by atoms with van der Waals surface area (Å²) in [6.07, 6.45) is 1.76. The van der Waals surface area contributed by atoms with Gasteiger partial charge in [-0.05, 0) is 44.0 Å². The molecule has 0 aromatic heterocycles. The third-order valence-electron chi connectivity index (χ3n) is 5.13. The number of hydrogen-bond acceptors (Lipinski definition) is 6. The number of sulfone groups is 1. The smallest absolute Gasteiger partial charge is 0.338 e. The maximum Gasteiger partial charge on any atom is 0.338 e. The Morgan fingerprint density at radius 2 is 1.96 bits per heavy atom. The monoisotopic (exact) mass is 408 g/mol. The molecule has 0 saturated carbocycles. The van der Waals surface area contributed by atoms with Crippen molar-refractivity contribution < 1.29 is 27.5 Å². The number of likely N-dealkylation sites (N-methyl/N-ethyl adjacent to an activating group) is 1. The molecule has 0 spiro atoms. The highest BCUT2D eigenvalue weighted by atomic mass is 32.2. The molecule has 1 unspecified atom stereocenters. The maximum atomic E-state index is 12.4. The van der Waals surface area contributed by atoms with Gasteiger partial charge in [0.15, 0.2) is 16.4 Å². The zero-order chi connectivity index (χ0) is 20.3.